The van der Waals surface area contributed by atoms with Crippen LogP contribution in [0.25, 0.3) is 34.2 Å². The summed E-state index contributed by atoms with van der Waals surface area (Å²) in [5, 5.41) is 11.0. The van der Waals surface area contributed by atoms with Crippen LogP contribution < -0.4 is 32.8 Å². The first-order valence-electron chi connectivity index (χ1n) is 18.4. The Morgan fingerprint density at radius 2 is 0.950 bits per heavy atom. The summed E-state index contributed by atoms with van der Waals surface area (Å²) in [5.74, 6) is 1.65. The number of benzene rings is 3. The van der Waals surface area contributed by atoms with Gasteiger partial charge < -0.3 is 19.1 Å². The molecule has 290 valence electrons. The molecule has 4 aliphatic heterocycles. The van der Waals surface area contributed by atoms with E-state index in [4.69, 9.17) is 9.97 Å². The molecule has 3 aromatic carbocycles. The average Bonchev–Trinajstić information content (AvgIpc) is 4.11. The van der Waals surface area contributed by atoms with Crippen LogP contribution in [0.3, 0.4) is 0 Å². The summed E-state index contributed by atoms with van der Waals surface area (Å²) in [6.45, 7) is -0.354. The van der Waals surface area contributed by atoms with Crippen LogP contribution in [-0.2, 0) is 56.2 Å². The normalized spacial score (nSPS) is 13.6. The molecule has 13 rings (SSSR count). The molecule has 9 aromatic rings. The Balaban J connectivity index is 0.00000204. The maximum atomic E-state index is 5.18. The number of rotatable bonds is 4. The van der Waals surface area contributed by atoms with Gasteiger partial charge in [-0.2, -0.15) is 68.9 Å². The van der Waals surface area contributed by atoms with Crippen LogP contribution in [0.5, 0.6) is 0 Å². The van der Waals surface area contributed by atoms with Crippen LogP contribution in [-0.4, -0.2) is 62.1 Å². The molecule has 0 aliphatic carbocycles. The third-order valence-corrected chi connectivity index (χ3v) is 16.0. The van der Waals surface area contributed by atoms with Gasteiger partial charge >= 0.3 is 42.1 Å². The quantitative estimate of drug-likeness (QED) is 0.192. The number of aromatic nitrogens is 10. The van der Waals surface area contributed by atoms with Crippen molar-refractivity contribution in [2.45, 2.75) is 39.4 Å². The van der Waals surface area contributed by atoms with Crippen LogP contribution in [0, 0.1) is 24.3 Å². The van der Waals surface area contributed by atoms with E-state index in [1.807, 2.05) is 118 Å². The third kappa shape index (κ3) is 5.71. The predicted octanol–water partition coefficient (Wildman–Crippen LogP) is 3.74. The molecule has 0 saturated heterocycles. The summed E-state index contributed by atoms with van der Waals surface area (Å²) in [6.07, 6.45) is 18.9. The number of aryl methyl sites for hydroxylation is 2. The Hall–Kier alpha value is -4.29. The zero-order valence-corrected chi connectivity index (χ0v) is 38.9. The van der Waals surface area contributed by atoms with Gasteiger partial charge in [-0.25, -0.2) is 0 Å². The van der Waals surface area contributed by atoms with E-state index in [1.54, 1.807) is 35.9 Å². The molecular formula is C42H22B2N10Pt2S4. The van der Waals surface area contributed by atoms with Crippen LogP contribution in [0.1, 0.15) is 0 Å². The van der Waals surface area contributed by atoms with Crippen molar-refractivity contribution in [3.8, 4) is 34.2 Å². The molecule has 0 N–H and O–H groups in total. The zero-order chi connectivity index (χ0) is 38.2. The largest absolute Gasteiger partial charge is 2.00 e. The number of fused-ring (bicyclic) bond motifs is 10. The first kappa shape index (κ1) is 38.6. The van der Waals surface area contributed by atoms with Gasteiger partial charge in [0.25, 0.3) is 0 Å². The Morgan fingerprint density at radius 3 is 1.35 bits per heavy atom. The summed E-state index contributed by atoms with van der Waals surface area (Å²) in [4.78, 5) is 27.0. The molecule has 0 spiro atoms. The predicted molar refractivity (Wildman–Crippen MR) is 228 cm³/mol. The van der Waals surface area contributed by atoms with Crippen molar-refractivity contribution in [1.29, 1.82) is 0 Å². The first-order valence-corrected chi connectivity index (χ1v) is 21.7. The minimum Gasteiger partial charge on any atom is -0.373 e. The van der Waals surface area contributed by atoms with E-state index in [0.29, 0.717) is 0 Å². The molecule has 0 unspecified atom stereocenters. The molecular weight excluding hydrogens is 1180 g/mol. The maximum absolute atomic E-state index is 5.18. The van der Waals surface area contributed by atoms with Crippen molar-refractivity contribution < 1.29 is 42.1 Å². The number of hydrogen-bond donors (Lipinski definition) is 0. The van der Waals surface area contributed by atoms with Crippen molar-refractivity contribution in [1.82, 2.24) is 48.6 Å². The molecule has 6 aromatic heterocycles. The second kappa shape index (κ2) is 14.7. The smallest absolute Gasteiger partial charge is 0.373 e. The fourth-order valence-corrected chi connectivity index (χ4v) is 13.6. The molecule has 10 nitrogen and oxygen atoms in total. The molecule has 18 heteroatoms. The van der Waals surface area contributed by atoms with Gasteiger partial charge in [-0.1, -0.05) is 23.5 Å². The van der Waals surface area contributed by atoms with E-state index in [9.17, 15) is 0 Å². The Bertz CT molecular complexity index is 2980. The van der Waals surface area contributed by atoms with E-state index in [0.717, 1.165) is 75.8 Å². The van der Waals surface area contributed by atoms with Crippen LogP contribution >= 0.6 is 47.0 Å². The number of pyridine rings is 2. The topological polar surface area (TPSA) is 97.1 Å². The van der Waals surface area contributed by atoms with Gasteiger partial charge in [0.2, 0.25) is 13.4 Å². The Labute approximate surface area is 390 Å². The molecule has 60 heavy (non-hydrogen) atoms. The van der Waals surface area contributed by atoms with Crippen molar-refractivity contribution in [2.24, 2.45) is 14.1 Å². The van der Waals surface area contributed by atoms with Crippen molar-refractivity contribution in [3.05, 3.63) is 123 Å². The van der Waals surface area contributed by atoms with Crippen LogP contribution in [0.15, 0.2) is 138 Å². The number of nitrogens with zero attached hydrogens (tertiary/aromatic N) is 10. The van der Waals surface area contributed by atoms with E-state index in [2.05, 4.69) is 68.7 Å². The number of hydrogen-bond acceptors (Lipinski definition) is 10. The third-order valence-electron chi connectivity index (χ3n) is 11.0. The molecule has 0 amide bonds. The van der Waals surface area contributed by atoms with Gasteiger partial charge in [-0.05, 0) is 34.4 Å². The molecule has 4 aliphatic rings. The summed E-state index contributed by atoms with van der Waals surface area (Å²) < 4.78 is 7.79. The van der Waals surface area contributed by atoms with Gasteiger partial charge in [-0.3, -0.25) is 19.3 Å². The summed E-state index contributed by atoms with van der Waals surface area (Å²) >= 11 is 7.15. The number of imidazole rings is 2. The first-order chi connectivity index (χ1) is 28.6. The molecule has 0 fully saturated rings. The second-order valence-corrected chi connectivity index (χ2v) is 18.4. The minimum atomic E-state index is -0.177. The molecule has 0 bridgehead atoms. The van der Waals surface area contributed by atoms with Crippen molar-refractivity contribution >= 4 is 93.2 Å². The average molecular weight is 1210 g/mol. The second-order valence-electron chi connectivity index (χ2n) is 14.3. The Kier molecular flexibility index (Phi) is 9.44. The molecule has 0 saturated carbocycles. The monoisotopic (exact) mass is 1210 g/mol. The summed E-state index contributed by atoms with van der Waals surface area (Å²) in [5.41, 5.74) is 10.3. The summed E-state index contributed by atoms with van der Waals surface area (Å²) in [6, 6.07) is 27.9. The van der Waals surface area contributed by atoms with Crippen LogP contribution in [0.2, 0.25) is 0 Å². The molecule has 10 heterocycles. The van der Waals surface area contributed by atoms with E-state index >= 15 is 0 Å². The zero-order valence-electron chi connectivity index (χ0n) is 31.1. The van der Waals surface area contributed by atoms with Gasteiger partial charge in [-0.15, -0.1) is 68.5 Å². The fraction of sp³-hybridized carbons (Fsp3) is 0.0476. The SMILES string of the molecule is Cn1ccnc1-c1[c-]c2c(nc1)Sc1c3c4c(c5c1B2c1[c-]c(-n2cccn2)ccc1S5)Sc1ccc(-n2cccn2)[c-]c1B4c1[c-]c(-c2nccn2C)cnc1S3.[Pt+2].[Pt+2]. The standard InChI is InChI=1S/C42H22B2N10S4.2Pt/c1-51-15-11-45-39(51)23-17-29-41(47-21-23)57-37-33-35(55-31-7-5-25(19-27(31)43(29)33)53-13-3-9-49-53)36-34-38(37)58-42-30(18-24(22-48-42)40-46-12-16-52(40)2)44(34)28-20-26(6-8-32(28)56-36)54-14-4-10-50-54;;/h3-16,21-22H,1-2H3;;/q-4;2*+2. The van der Waals surface area contributed by atoms with E-state index in [1.165, 1.54) is 30.5 Å². The van der Waals surface area contributed by atoms with Crippen molar-refractivity contribution in [3.63, 3.8) is 0 Å². The maximum Gasteiger partial charge on any atom is 2.00 e. The molecule has 0 atom stereocenters. The van der Waals surface area contributed by atoms with Gasteiger partial charge in [0, 0.05) is 93.3 Å². The molecule has 0 radical (unpaired) electrons. The summed E-state index contributed by atoms with van der Waals surface area (Å²) in [7, 11) is 4.01. The van der Waals surface area contributed by atoms with Crippen LogP contribution in [0.4, 0.5) is 0 Å². The minimum absolute atomic E-state index is 0. The fourth-order valence-electron chi connectivity index (χ4n) is 8.45. The Morgan fingerprint density at radius 1 is 0.500 bits per heavy atom. The van der Waals surface area contributed by atoms with Gasteiger partial charge in [0.1, 0.15) is 0 Å². The van der Waals surface area contributed by atoms with Gasteiger partial charge in [0.15, 0.2) is 0 Å². The van der Waals surface area contributed by atoms with E-state index < -0.39 is 0 Å². The van der Waals surface area contributed by atoms with E-state index in [-0.39, 0.29) is 55.6 Å². The van der Waals surface area contributed by atoms with Gasteiger partial charge in [0.05, 0.1) is 11.6 Å². The van der Waals surface area contributed by atoms with Crippen molar-refractivity contribution in [2.75, 3.05) is 0 Å².